The Hall–Kier alpha value is -1.64. The van der Waals surface area contributed by atoms with E-state index in [0.29, 0.717) is 17.6 Å². The number of hydrogen-bond acceptors (Lipinski definition) is 3. The zero-order chi connectivity index (χ0) is 11.0. The molecule has 0 saturated heterocycles. The Balaban J connectivity index is 1.69. The van der Waals surface area contributed by atoms with E-state index in [-0.39, 0.29) is 11.9 Å². The second-order valence-corrected chi connectivity index (χ2v) is 4.49. The largest absolute Gasteiger partial charge is 0.426 e. The van der Waals surface area contributed by atoms with Crippen molar-refractivity contribution in [3.63, 3.8) is 0 Å². The highest BCUT2D eigenvalue weighted by Gasteiger charge is 2.40. The molecule has 0 spiro atoms. The van der Waals surface area contributed by atoms with E-state index >= 15 is 0 Å². The van der Waals surface area contributed by atoms with Crippen LogP contribution < -0.4 is 4.74 Å². The highest BCUT2D eigenvalue weighted by atomic mass is 16.5. The lowest BCUT2D eigenvalue weighted by atomic mass is 9.94. The normalized spacial score (nSPS) is 30.6. The monoisotopic (exact) mass is 215 g/mol. The molecule has 1 saturated carbocycles. The van der Waals surface area contributed by atoms with E-state index in [1.165, 1.54) is 0 Å². The Labute approximate surface area is 94.1 Å². The third-order valence-electron chi connectivity index (χ3n) is 3.45. The number of hydrogen-bond donors (Lipinski definition) is 0. The third kappa shape index (κ3) is 1.62. The molecule has 0 aliphatic heterocycles. The van der Waals surface area contributed by atoms with Crippen LogP contribution in [0.3, 0.4) is 0 Å². The number of pyridine rings is 1. The van der Waals surface area contributed by atoms with Gasteiger partial charge in [-0.05, 0) is 36.8 Å². The lowest BCUT2D eigenvalue weighted by molar-refractivity contribution is -0.139. The summed E-state index contributed by atoms with van der Waals surface area (Å²) in [5, 5.41) is 0. The Morgan fingerprint density at radius 2 is 2.06 bits per heavy atom. The molecule has 0 amide bonds. The number of fused-ring (bicyclic) bond motifs is 2. The van der Waals surface area contributed by atoms with Crippen LogP contribution in [0.4, 0.5) is 0 Å². The lowest BCUT2D eigenvalue weighted by Gasteiger charge is -2.16. The van der Waals surface area contributed by atoms with Gasteiger partial charge in [-0.2, -0.15) is 0 Å². The van der Waals surface area contributed by atoms with Crippen LogP contribution in [0.5, 0.6) is 5.75 Å². The van der Waals surface area contributed by atoms with Crippen molar-refractivity contribution in [3.05, 3.63) is 36.7 Å². The van der Waals surface area contributed by atoms with Gasteiger partial charge in [0.25, 0.3) is 0 Å². The van der Waals surface area contributed by atoms with Crippen LogP contribution in [0.15, 0.2) is 36.7 Å². The molecule has 2 aliphatic rings. The summed E-state index contributed by atoms with van der Waals surface area (Å²) >= 11 is 0. The van der Waals surface area contributed by atoms with Crippen molar-refractivity contribution in [2.45, 2.75) is 12.8 Å². The Bertz CT molecular complexity index is 427. The predicted molar refractivity (Wildman–Crippen MR) is 58.7 cm³/mol. The summed E-state index contributed by atoms with van der Waals surface area (Å²) in [7, 11) is 0. The molecule has 16 heavy (non-hydrogen) atoms. The van der Waals surface area contributed by atoms with Gasteiger partial charge in [0.15, 0.2) is 0 Å². The highest BCUT2D eigenvalue weighted by Crippen LogP contribution is 2.43. The molecular formula is C13H13NO2. The van der Waals surface area contributed by atoms with Crippen LogP contribution >= 0.6 is 0 Å². The SMILES string of the molecule is O=C(Oc1ccncc1)C1CC2C=CC1C2. The second kappa shape index (κ2) is 3.74. The van der Waals surface area contributed by atoms with Gasteiger partial charge in [0.2, 0.25) is 0 Å². The van der Waals surface area contributed by atoms with Crippen LogP contribution in [0.1, 0.15) is 12.8 Å². The number of ether oxygens (including phenoxy) is 1. The number of aromatic nitrogens is 1. The zero-order valence-electron chi connectivity index (χ0n) is 8.87. The molecule has 2 bridgehead atoms. The van der Waals surface area contributed by atoms with Crippen molar-refractivity contribution < 1.29 is 9.53 Å². The van der Waals surface area contributed by atoms with Crippen LogP contribution in [-0.4, -0.2) is 11.0 Å². The molecule has 3 unspecified atom stereocenters. The Morgan fingerprint density at radius 1 is 1.25 bits per heavy atom. The quantitative estimate of drug-likeness (QED) is 0.560. The first-order chi connectivity index (χ1) is 7.83. The summed E-state index contributed by atoms with van der Waals surface area (Å²) in [5.41, 5.74) is 0. The van der Waals surface area contributed by atoms with Gasteiger partial charge >= 0.3 is 5.97 Å². The van der Waals surface area contributed by atoms with Crippen molar-refractivity contribution in [2.75, 3.05) is 0 Å². The van der Waals surface area contributed by atoms with E-state index in [9.17, 15) is 4.79 Å². The number of rotatable bonds is 2. The maximum atomic E-state index is 11.9. The minimum absolute atomic E-state index is 0.0585. The molecule has 1 aromatic rings. The minimum Gasteiger partial charge on any atom is -0.426 e. The smallest absolute Gasteiger partial charge is 0.314 e. The summed E-state index contributed by atoms with van der Waals surface area (Å²) in [6.07, 6.45) is 9.71. The minimum atomic E-state index is -0.0944. The van der Waals surface area contributed by atoms with Gasteiger partial charge < -0.3 is 4.74 Å². The van der Waals surface area contributed by atoms with Crippen molar-refractivity contribution >= 4 is 5.97 Å². The van der Waals surface area contributed by atoms with Gasteiger partial charge in [-0.25, -0.2) is 0 Å². The first kappa shape index (κ1) is 9.58. The summed E-state index contributed by atoms with van der Waals surface area (Å²) in [6.45, 7) is 0. The van der Waals surface area contributed by atoms with Gasteiger partial charge in [-0.1, -0.05) is 12.2 Å². The number of carbonyl (C=O) groups is 1. The van der Waals surface area contributed by atoms with Crippen LogP contribution in [0.25, 0.3) is 0 Å². The van der Waals surface area contributed by atoms with Crippen LogP contribution in [0, 0.1) is 17.8 Å². The molecule has 3 rings (SSSR count). The van der Waals surface area contributed by atoms with Crippen LogP contribution in [-0.2, 0) is 4.79 Å². The fourth-order valence-electron chi connectivity index (χ4n) is 2.65. The van der Waals surface area contributed by atoms with E-state index in [4.69, 9.17) is 4.74 Å². The number of allylic oxidation sites excluding steroid dienone is 2. The molecule has 0 aromatic carbocycles. The summed E-state index contributed by atoms with van der Waals surface area (Å²) in [4.78, 5) is 15.8. The maximum Gasteiger partial charge on any atom is 0.314 e. The lowest BCUT2D eigenvalue weighted by Crippen LogP contribution is -2.23. The molecule has 1 fully saturated rings. The zero-order valence-corrected chi connectivity index (χ0v) is 8.87. The van der Waals surface area contributed by atoms with Gasteiger partial charge in [0.1, 0.15) is 5.75 Å². The standard InChI is InChI=1S/C13H13NO2/c15-13(16-11-3-5-14-6-4-11)12-8-9-1-2-10(12)7-9/h1-6,9-10,12H,7-8H2. The summed E-state index contributed by atoms with van der Waals surface area (Å²) < 4.78 is 5.34. The van der Waals surface area contributed by atoms with Gasteiger partial charge in [0.05, 0.1) is 5.92 Å². The molecule has 82 valence electrons. The Morgan fingerprint density at radius 3 is 2.69 bits per heavy atom. The fourth-order valence-corrected chi connectivity index (χ4v) is 2.65. The van der Waals surface area contributed by atoms with Crippen molar-refractivity contribution in [1.29, 1.82) is 0 Å². The third-order valence-corrected chi connectivity index (χ3v) is 3.45. The van der Waals surface area contributed by atoms with E-state index in [1.807, 2.05) is 0 Å². The molecular weight excluding hydrogens is 202 g/mol. The van der Waals surface area contributed by atoms with Gasteiger partial charge in [0, 0.05) is 12.4 Å². The molecule has 3 atom stereocenters. The van der Waals surface area contributed by atoms with Crippen molar-refractivity contribution in [3.8, 4) is 5.75 Å². The molecule has 1 heterocycles. The molecule has 3 heteroatoms. The van der Waals surface area contributed by atoms with Gasteiger partial charge in [-0.3, -0.25) is 9.78 Å². The van der Waals surface area contributed by atoms with E-state index in [2.05, 4.69) is 17.1 Å². The second-order valence-electron chi connectivity index (χ2n) is 4.49. The topological polar surface area (TPSA) is 39.2 Å². The molecule has 0 N–H and O–H groups in total. The van der Waals surface area contributed by atoms with E-state index in [1.54, 1.807) is 24.5 Å². The fraction of sp³-hybridized carbons (Fsp3) is 0.385. The number of nitrogens with zero attached hydrogens (tertiary/aromatic N) is 1. The van der Waals surface area contributed by atoms with E-state index < -0.39 is 0 Å². The predicted octanol–water partition coefficient (Wildman–Crippen LogP) is 2.20. The van der Waals surface area contributed by atoms with Crippen molar-refractivity contribution in [2.24, 2.45) is 17.8 Å². The number of esters is 1. The van der Waals surface area contributed by atoms with Crippen LogP contribution in [0.2, 0.25) is 0 Å². The highest BCUT2D eigenvalue weighted by molar-refractivity contribution is 5.76. The first-order valence-electron chi connectivity index (χ1n) is 5.63. The molecule has 3 nitrogen and oxygen atoms in total. The van der Waals surface area contributed by atoms with E-state index in [0.717, 1.165) is 12.8 Å². The average molecular weight is 215 g/mol. The molecule has 1 aromatic heterocycles. The maximum absolute atomic E-state index is 11.9. The summed E-state index contributed by atoms with van der Waals surface area (Å²) in [6, 6.07) is 3.42. The molecule has 2 aliphatic carbocycles. The first-order valence-corrected chi connectivity index (χ1v) is 5.63. The summed E-state index contributed by atoms with van der Waals surface area (Å²) in [5.74, 6) is 1.55. The van der Waals surface area contributed by atoms with Crippen molar-refractivity contribution in [1.82, 2.24) is 4.98 Å². The average Bonchev–Trinajstić information content (AvgIpc) is 2.92. The number of carbonyl (C=O) groups excluding carboxylic acids is 1. The molecule has 0 radical (unpaired) electrons. The Kier molecular flexibility index (Phi) is 2.24. The van der Waals surface area contributed by atoms with Gasteiger partial charge in [-0.15, -0.1) is 0 Å².